The molecule has 0 spiro atoms. The highest BCUT2D eigenvalue weighted by atomic mass is 16.5. The van der Waals surface area contributed by atoms with Gasteiger partial charge in [-0.05, 0) is 47.9 Å². The maximum atomic E-state index is 13.2. The number of benzene rings is 3. The van der Waals surface area contributed by atoms with Crippen LogP contribution in [0.4, 0.5) is 0 Å². The van der Waals surface area contributed by atoms with Gasteiger partial charge in [0.1, 0.15) is 17.1 Å². The Hall–Kier alpha value is -3.59. The van der Waals surface area contributed by atoms with Gasteiger partial charge >= 0.3 is 0 Å². The fourth-order valence-electron chi connectivity index (χ4n) is 3.35. The number of hydrogen-bond acceptors (Lipinski definition) is 3. The summed E-state index contributed by atoms with van der Waals surface area (Å²) in [4.78, 5) is 13.2. The molecule has 3 heteroatoms. The van der Waals surface area contributed by atoms with Gasteiger partial charge in [-0.25, -0.2) is 0 Å². The predicted octanol–water partition coefficient (Wildman–Crippen LogP) is 5.95. The smallest absolute Gasteiger partial charge is 0.201 e. The molecule has 0 aliphatic heterocycles. The van der Waals surface area contributed by atoms with Crippen molar-refractivity contribution in [1.82, 2.24) is 0 Å². The van der Waals surface area contributed by atoms with Crippen LogP contribution in [0.15, 0.2) is 82.0 Å². The zero-order chi connectivity index (χ0) is 19.5. The molecule has 4 aromatic rings. The van der Waals surface area contributed by atoms with Crippen LogP contribution in [0.2, 0.25) is 0 Å². The second-order valence-corrected chi connectivity index (χ2v) is 6.54. The zero-order valence-corrected chi connectivity index (χ0v) is 15.8. The van der Waals surface area contributed by atoms with Crippen LogP contribution in [-0.4, -0.2) is 7.11 Å². The largest absolute Gasteiger partial charge is 0.496 e. The molecular weight excluding hydrogens is 348 g/mol. The molecule has 0 fully saturated rings. The molecule has 1 aromatic heterocycles. The molecule has 4 rings (SSSR count). The average Bonchev–Trinajstić information content (AvgIpc) is 2.74. The van der Waals surface area contributed by atoms with E-state index in [2.05, 4.69) is 0 Å². The van der Waals surface area contributed by atoms with Crippen LogP contribution in [0.1, 0.15) is 16.9 Å². The molecule has 0 amide bonds. The van der Waals surface area contributed by atoms with Gasteiger partial charge in [0, 0.05) is 0 Å². The summed E-state index contributed by atoms with van der Waals surface area (Å²) in [6, 6.07) is 22.8. The Morgan fingerprint density at radius 3 is 2.39 bits per heavy atom. The molecule has 0 atom stereocenters. The van der Waals surface area contributed by atoms with E-state index in [1.807, 2.05) is 85.8 Å². The van der Waals surface area contributed by atoms with Crippen molar-refractivity contribution in [2.75, 3.05) is 7.11 Å². The lowest BCUT2D eigenvalue weighted by Gasteiger charge is -2.09. The van der Waals surface area contributed by atoms with E-state index in [-0.39, 0.29) is 5.43 Å². The standard InChI is InChI=1S/C25H20O3/c1-17-18(11-8-14-21(17)27-2)15-16-23-24(19-9-4-3-5-10-19)25(26)20-12-6-7-13-22(20)28-23/h3-16H,1-2H3/b16-15+. The highest BCUT2D eigenvalue weighted by molar-refractivity contribution is 5.87. The summed E-state index contributed by atoms with van der Waals surface area (Å²) in [5, 5.41) is 0.580. The monoisotopic (exact) mass is 368 g/mol. The van der Waals surface area contributed by atoms with Crippen molar-refractivity contribution in [3.8, 4) is 16.9 Å². The van der Waals surface area contributed by atoms with Gasteiger partial charge in [0.2, 0.25) is 5.43 Å². The molecule has 0 N–H and O–H groups in total. The van der Waals surface area contributed by atoms with Crippen molar-refractivity contribution in [1.29, 1.82) is 0 Å². The predicted molar refractivity (Wildman–Crippen MR) is 115 cm³/mol. The molecule has 0 aliphatic rings. The molecule has 3 aromatic carbocycles. The summed E-state index contributed by atoms with van der Waals surface area (Å²) in [7, 11) is 1.66. The number of hydrogen-bond donors (Lipinski definition) is 0. The molecular formula is C25H20O3. The Bertz CT molecular complexity index is 1220. The molecule has 0 radical (unpaired) electrons. The maximum Gasteiger partial charge on any atom is 0.201 e. The SMILES string of the molecule is COc1cccc(/C=C/c2oc3ccccc3c(=O)c2-c2ccccc2)c1C. The molecule has 1 heterocycles. The molecule has 138 valence electrons. The first-order valence-corrected chi connectivity index (χ1v) is 9.12. The van der Waals surface area contributed by atoms with Crippen molar-refractivity contribution < 1.29 is 9.15 Å². The van der Waals surface area contributed by atoms with E-state index in [1.54, 1.807) is 13.2 Å². The number of ether oxygens (including phenoxy) is 1. The van der Waals surface area contributed by atoms with Crippen LogP contribution in [-0.2, 0) is 0 Å². The Kier molecular flexibility index (Phi) is 4.81. The highest BCUT2D eigenvalue weighted by Gasteiger charge is 2.14. The van der Waals surface area contributed by atoms with Crippen LogP contribution >= 0.6 is 0 Å². The molecule has 0 unspecified atom stereocenters. The van der Waals surface area contributed by atoms with Crippen molar-refractivity contribution in [3.63, 3.8) is 0 Å². The number of fused-ring (bicyclic) bond motifs is 1. The summed E-state index contributed by atoms with van der Waals surface area (Å²) >= 11 is 0. The lowest BCUT2D eigenvalue weighted by atomic mass is 10.0. The third-order valence-electron chi connectivity index (χ3n) is 4.85. The van der Waals surface area contributed by atoms with E-state index in [9.17, 15) is 4.79 Å². The van der Waals surface area contributed by atoms with Gasteiger partial charge in [0.05, 0.1) is 18.1 Å². The van der Waals surface area contributed by atoms with Gasteiger partial charge < -0.3 is 9.15 Å². The Morgan fingerprint density at radius 2 is 1.61 bits per heavy atom. The van der Waals surface area contributed by atoms with Gasteiger partial charge in [0.15, 0.2) is 0 Å². The van der Waals surface area contributed by atoms with Crippen molar-refractivity contribution in [2.24, 2.45) is 0 Å². The number of rotatable bonds is 4. The molecule has 0 saturated heterocycles. The van der Waals surface area contributed by atoms with Gasteiger partial charge in [-0.2, -0.15) is 0 Å². The van der Waals surface area contributed by atoms with E-state index >= 15 is 0 Å². The molecule has 0 saturated carbocycles. The van der Waals surface area contributed by atoms with Crippen LogP contribution in [0.5, 0.6) is 5.75 Å². The Labute approximate surface area is 163 Å². The first kappa shape index (κ1) is 17.8. The zero-order valence-electron chi connectivity index (χ0n) is 15.8. The summed E-state index contributed by atoms with van der Waals surface area (Å²) < 4.78 is 11.5. The fourth-order valence-corrected chi connectivity index (χ4v) is 3.35. The Balaban J connectivity index is 1.92. The molecule has 3 nitrogen and oxygen atoms in total. The highest BCUT2D eigenvalue weighted by Crippen LogP contribution is 2.27. The fraction of sp³-hybridized carbons (Fsp3) is 0.0800. The number of para-hydroxylation sites is 1. The van der Waals surface area contributed by atoms with Crippen molar-refractivity contribution in [3.05, 3.63) is 99.9 Å². The minimum Gasteiger partial charge on any atom is -0.496 e. The molecule has 0 bridgehead atoms. The van der Waals surface area contributed by atoms with Gasteiger partial charge in [-0.1, -0.05) is 60.7 Å². The van der Waals surface area contributed by atoms with Crippen molar-refractivity contribution >= 4 is 23.1 Å². The average molecular weight is 368 g/mol. The second kappa shape index (κ2) is 7.57. The van der Waals surface area contributed by atoms with E-state index in [1.165, 1.54) is 0 Å². The lowest BCUT2D eigenvalue weighted by Crippen LogP contribution is -2.07. The topological polar surface area (TPSA) is 39.4 Å². The van der Waals surface area contributed by atoms with Crippen molar-refractivity contribution in [2.45, 2.75) is 6.92 Å². The minimum atomic E-state index is -0.0323. The van der Waals surface area contributed by atoms with E-state index in [0.717, 1.165) is 22.4 Å². The van der Waals surface area contributed by atoms with Crippen LogP contribution in [0.3, 0.4) is 0 Å². The minimum absolute atomic E-state index is 0.0323. The molecule has 0 aliphatic carbocycles. The van der Waals surface area contributed by atoms with E-state index in [4.69, 9.17) is 9.15 Å². The van der Waals surface area contributed by atoms with Crippen LogP contribution in [0, 0.1) is 6.92 Å². The summed E-state index contributed by atoms with van der Waals surface area (Å²) in [6.45, 7) is 2.01. The first-order chi connectivity index (χ1) is 13.7. The third-order valence-corrected chi connectivity index (χ3v) is 4.85. The second-order valence-electron chi connectivity index (χ2n) is 6.54. The van der Waals surface area contributed by atoms with Crippen LogP contribution < -0.4 is 10.2 Å². The van der Waals surface area contributed by atoms with Gasteiger partial charge in [-0.15, -0.1) is 0 Å². The van der Waals surface area contributed by atoms with Gasteiger partial charge in [-0.3, -0.25) is 4.79 Å². The summed E-state index contributed by atoms with van der Waals surface area (Å²) in [5.41, 5.74) is 3.99. The first-order valence-electron chi connectivity index (χ1n) is 9.12. The van der Waals surface area contributed by atoms with Gasteiger partial charge in [0.25, 0.3) is 0 Å². The van der Waals surface area contributed by atoms with E-state index < -0.39 is 0 Å². The third kappa shape index (κ3) is 3.23. The quantitative estimate of drug-likeness (QED) is 0.447. The summed E-state index contributed by atoms with van der Waals surface area (Å²) in [6.07, 6.45) is 3.81. The maximum absolute atomic E-state index is 13.2. The summed E-state index contributed by atoms with van der Waals surface area (Å²) in [5.74, 6) is 1.36. The van der Waals surface area contributed by atoms with E-state index in [0.29, 0.717) is 22.3 Å². The number of methoxy groups -OCH3 is 1. The normalized spacial score (nSPS) is 11.2. The van der Waals surface area contributed by atoms with Crippen LogP contribution in [0.25, 0.3) is 34.2 Å². The molecule has 28 heavy (non-hydrogen) atoms. The Morgan fingerprint density at radius 1 is 0.857 bits per heavy atom. The lowest BCUT2D eigenvalue weighted by molar-refractivity contribution is 0.411.